The fraction of sp³-hybridized carbons (Fsp3) is 0.667. The van der Waals surface area contributed by atoms with E-state index in [0.717, 1.165) is 43.7 Å². The van der Waals surface area contributed by atoms with Gasteiger partial charge in [-0.05, 0) is 70.8 Å². The number of hydrogen-bond acceptors (Lipinski definition) is 3. The summed E-state index contributed by atoms with van der Waals surface area (Å²) in [5.41, 5.74) is 2.35. The van der Waals surface area contributed by atoms with Crippen molar-refractivity contribution in [2.45, 2.75) is 141 Å². The molecule has 0 radical (unpaired) electrons. The lowest BCUT2D eigenvalue weighted by Crippen LogP contribution is -2.54. The van der Waals surface area contributed by atoms with Crippen LogP contribution in [0.25, 0.3) is 0 Å². The van der Waals surface area contributed by atoms with Crippen LogP contribution < -0.4 is 0 Å². The number of hydrogen-bond donors (Lipinski definition) is 0. The Labute approximate surface area is 252 Å². The minimum absolute atomic E-state index is 0.113. The van der Waals surface area contributed by atoms with Crippen molar-refractivity contribution in [2.24, 2.45) is 11.8 Å². The van der Waals surface area contributed by atoms with Gasteiger partial charge in [-0.25, -0.2) is 4.79 Å². The molecular formula is C36H57NO3Si. The van der Waals surface area contributed by atoms with Gasteiger partial charge in [0.25, 0.3) is 0 Å². The summed E-state index contributed by atoms with van der Waals surface area (Å²) in [6, 6.07) is 10.5. The van der Waals surface area contributed by atoms with Gasteiger partial charge in [-0.1, -0.05) is 105 Å². The van der Waals surface area contributed by atoms with Crippen molar-refractivity contribution in [1.29, 1.82) is 0 Å². The maximum atomic E-state index is 14.3. The number of rotatable bonds is 11. The lowest BCUT2D eigenvalue weighted by atomic mass is 9.66. The van der Waals surface area contributed by atoms with E-state index in [9.17, 15) is 9.59 Å². The molecule has 0 bridgehead atoms. The minimum atomic E-state index is -2.26. The molecule has 1 aliphatic carbocycles. The van der Waals surface area contributed by atoms with E-state index in [1.54, 1.807) is 0 Å². The standard InChI is InChI=1S/C36H57NO3Si/c1-11-17-28(8)22-30-23-32(38)34(41(25(2)3,26(4)5)27(6)7)24-37(30)35(39)40-33-21-16-15-20-31(33)36(9,10)29-18-13-12-14-19-29/h11-14,18-19,24-28,30-31,33H,1,15-17,20-23H2,2-10H3/t28-,30+,31?,33?/m1/s1. The lowest BCUT2D eigenvalue weighted by Gasteiger charge is -2.47. The molecule has 0 N–H and O–H groups in total. The summed E-state index contributed by atoms with van der Waals surface area (Å²) in [7, 11) is -2.26. The van der Waals surface area contributed by atoms with E-state index >= 15 is 0 Å². The zero-order valence-electron chi connectivity index (χ0n) is 27.4. The van der Waals surface area contributed by atoms with Gasteiger partial charge in [0, 0.05) is 24.6 Å². The van der Waals surface area contributed by atoms with E-state index in [1.807, 2.05) is 17.2 Å². The molecule has 41 heavy (non-hydrogen) atoms. The second kappa shape index (κ2) is 13.9. The first kappa shape index (κ1) is 33.4. The van der Waals surface area contributed by atoms with Crippen LogP contribution in [0.3, 0.4) is 0 Å². The van der Waals surface area contributed by atoms with Gasteiger partial charge >= 0.3 is 6.09 Å². The molecule has 4 atom stereocenters. The monoisotopic (exact) mass is 579 g/mol. The molecule has 1 amide bonds. The van der Waals surface area contributed by atoms with E-state index in [0.29, 0.717) is 29.0 Å². The van der Waals surface area contributed by atoms with Crippen LogP contribution >= 0.6 is 0 Å². The number of nitrogens with zero attached hydrogens (tertiary/aromatic N) is 1. The van der Waals surface area contributed by atoms with E-state index < -0.39 is 8.07 Å². The van der Waals surface area contributed by atoms with Gasteiger partial charge in [0.2, 0.25) is 0 Å². The molecule has 0 saturated heterocycles. The average Bonchev–Trinajstić information content (AvgIpc) is 2.90. The number of Topliss-reactive ketones (excluding diaryl/α,β-unsaturated/α-hetero) is 1. The zero-order chi connectivity index (χ0) is 30.5. The molecule has 0 spiro atoms. The first-order valence-corrected chi connectivity index (χ1v) is 18.4. The molecule has 2 aliphatic rings. The van der Waals surface area contributed by atoms with Gasteiger partial charge in [0.15, 0.2) is 5.78 Å². The molecule has 1 fully saturated rings. The molecule has 228 valence electrons. The molecule has 1 heterocycles. The Morgan fingerprint density at radius 1 is 1.02 bits per heavy atom. The topological polar surface area (TPSA) is 46.6 Å². The number of amides is 1. The van der Waals surface area contributed by atoms with Gasteiger partial charge < -0.3 is 4.74 Å². The molecule has 4 nitrogen and oxygen atoms in total. The number of carbonyl (C=O) groups excluding carboxylic acids is 2. The van der Waals surface area contributed by atoms with Crippen LogP contribution in [0.4, 0.5) is 4.79 Å². The third-order valence-corrected chi connectivity index (χ3v) is 17.6. The first-order chi connectivity index (χ1) is 19.3. The smallest absolute Gasteiger partial charge is 0.414 e. The van der Waals surface area contributed by atoms with Crippen molar-refractivity contribution in [1.82, 2.24) is 4.90 Å². The van der Waals surface area contributed by atoms with Crippen LogP contribution in [0.1, 0.15) is 113 Å². The predicted molar refractivity (Wildman–Crippen MR) is 175 cm³/mol. The van der Waals surface area contributed by atoms with E-state index in [4.69, 9.17) is 4.74 Å². The fourth-order valence-electron chi connectivity index (χ4n) is 8.60. The Kier molecular flexibility index (Phi) is 11.3. The third kappa shape index (κ3) is 6.92. The Morgan fingerprint density at radius 2 is 1.61 bits per heavy atom. The van der Waals surface area contributed by atoms with Crippen molar-refractivity contribution in [2.75, 3.05) is 0 Å². The Hall–Kier alpha value is -2.14. The molecule has 2 unspecified atom stereocenters. The van der Waals surface area contributed by atoms with E-state index in [2.05, 4.69) is 99.2 Å². The highest BCUT2D eigenvalue weighted by Crippen LogP contribution is 2.49. The van der Waals surface area contributed by atoms with Crippen LogP contribution in [-0.2, 0) is 14.9 Å². The molecule has 0 aromatic heterocycles. The summed E-state index contributed by atoms with van der Waals surface area (Å²) < 4.78 is 6.53. The summed E-state index contributed by atoms with van der Waals surface area (Å²) in [6.45, 7) is 24.4. The van der Waals surface area contributed by atoms with Crippen LogP contribution in [0.15, 0.2) is 54.4 Å². The third-order valence-electron chi connectivity index (χ3n) is 10.6. The van der Waals surface area contributed by atoms with Crippen molar-refractivity contribution in [3.05, 3.63) is 59.9 Å². The molecule has 5 heteroatoms. The van der Waals surface area contributed by atoms with Gasteiger partial charge in [-0.3, -0.25) is 9.69 Å². The van der Waals surface area contributed by atoms with Gasteiger partial charge in [-0.15, -0.1) is 6.58 Å². The summed E-state index contributed by atoms with van der Waals surface area (Å²) in [4.78, 5) is 30.1. The number of allylic oxidation sites excluding steroid dienone is 2. The molecule has 3 rings (SSSR count). The zero-order valence-corrected chi connectivity index (χ0v) is 28.4. The average molecular weight is 580 g/mol. The normalized spacial score (nSPS) is 23.1. The molecular weight excluding hydrogens is 522 g/mol. The van der Waals surface area contributed by atoms with Crippen molar-refractivity contribution in [3.63, 3.8) is 0 Å². The maximum absolute atomic E-state index is 14.3. The molecule has 1 aromatic rings. The number of benzene rings is 1. The van der Waals surface area contributed by atoms with Gasteiger partial charge in [0.05, 0.1) is 0 Å². The van der Waals surface area contributed by atoms with Crippen LogP contribution in [0, 0.1) is 11.8 Å². The first-order valence-electron chi connectivity index (χ1n) is 16.2. The van der Waals surface area contributed by atoms with Crippen molar-refractivity contribution in [3.8, 4) is 0 Å². The Morgan fingerprint density at radius 3 is 2.17 bits per heavy atom. The molecule has 1 saturated carbocycles. The van der Waals surface area contributed by atoms with Crippen molar-refractivity contribution < 1.29 is 14.3 Å². The Balaban J connectivity index is 2.02. The quantitative estimate of drug-likeness (QED) is 0.194. The van der Waals surface area contributed by atoms with E-state index in [1.165, 1.54) is 5.56 Å². The fourth-order valence-corrected chi connectivity index (χ4v) is 15.4. The van der Waals surface area contributed by atoms with Crippen LogP contribution in [0.2, 0.25) is 16.6 Å². The summed E-state index contributed by atoms with van der Waals surface area (Å²) in [6.07, 6.45) is 9.67. The Bertz CT molecular complexity index is 1050. The van der Waals surface area contributed by atoms with Crippen LogP contribution in [0.5, 0.6) is 0 Å². The largest absolute Gasteiger partial charge is 0.446 e. The number of ether oxygens (including phenoxy) is 1. The highest BCUT2D eigenvalue weighted by atomic mass is 28.3. The predicted octanol–water partition coefficient (Wildman–Crippen LogP) is 10.0. The van der Waals surface area contributed by atoms with E-state index in [-0.39, 0.29) is 35.4 Å². The summed E-state index contributed by atoms with van der Waals surface area (Å²) >= 11 is 0. The molecule has 1 aromatic carbocycles. The van der Waals surface area contributed by atoms with Gasteiger partial charge in [-0.2, -0.15) is 0 Å². The number of ketones is 1. The highest BCUT2D eigenvalue weighted by molar-refractivity contribution is 6.93. The van der Waals surface area contributed by atoms with Crippen LogP contribution in [-0.4, -0.2) is 37.0 Å². The summed E-state index contributed by atoms with van der Waals surface area (Å²) in [5.74, 6) is 0.816. The summed E-state index contributed by atoms with van der Waals surface area (Å²) in [5, 5.41) is 0.937. The number of carbonyl (C=O) groups is 2. The second-order valence-electron chi connectivity index (χ2n) is 14.4. The SMILES string of the molecule is C=CC[C@@H](C)C[C@H]1CC(=O)C([Si](C(C)C)(C(C)C)C(C)C)=CN1C(=O)OC1CCCCC1C(C)(C)c1ccccc1. The van der Waals surface area contributed by atoms with Crippen molar-refractivity contribution >= 4 is 20.0 Å². The molecule has 1 aliphatic heterocycles. The van der Waals surface area contributed by atoms with Gasteiger partial charge in [0.1, 0.15) is 14.2 Å². The lowest BCUT2D eigenvalue weighted by molar-refractivity contribution is -0.117. The maximum Gasteiger partial charge on any atom is 0.414 e. The second-order valence-corrected chi connectivity index (χ2v) is 20.3. The minimum Gasteiger partial charge on any atom is -0.446 e. The highest BCUT2D eigenvalue weighted by Gasteiger charge is 2.51.